The highest BCUT2D eigenvalue weighted by atomic mass is 19.1. The van der Waals surface area contributed by atoms with Crippen molar-refractivity contribution in [3.63, 3.8) is 0 Å². The average Bonchev–Trinajstić information content (AvgIpc) is 3.52. The third-order valence-corrected chi connectivity index (χ3v) is 7.10. The first-order chi connectivity index (χ1) is 20.1. The topological polar surface area (TPSA) is 97.1 Å². The van der Waals surface area contributed by atoms with Crippen LogP contribution in [0, 0.1) is 5.82 Å². The van der Waals surface area contributed by atoms with Crippen LogP contribution < -0.4 is 15.0 Å². The molecule has 4 heterocycles. The second-order valence-corrected chi connectivity index (χ2v) is 9.66. The molecule has 0 unspecified atom stereocenters. The molecule has 1 saturated heterocycles. The molecule has 1 aliphatic heterocycles. The van der Waals surface area contributed by atoms with Gasteiger partial charge in [0.1, 0.15) is 12.1 Å². The number of methoxy groups -OCH3 is 1. The first-order valence-corrected chi connectivity index (χ1v) is 13.5. The quantitative estimate of drug-likeness (QED) is 0.291. The standard InChI is InChI=1S/C30H30FN9O/c1-3-38-12-14-39(15-13-38)26-17-22(16-23(31)18-26)27-10-11-32-30(36-27)35-24-5-7-25(8-6-24)40-20-34-29(37-40)21-4-9-28(41-2)33-19-21/h4-11,16-20H,3,12-15H2,1-2H3,(H,32,35,36). The summed E-state index contributed by atoms with van der Waals surface area (Å²) in [6.07, 6.45) is 5.01. The van der Waals surface area contributed by atoms with E-state index in [1.165, 1.54) is 6.07 Å². The summed E-state index contributed by atoms with van der Waals surface area (Å²) in [5, 5.41) is 7.81. The largest absolute Gasteiger partial charge is 0.481 e. The SMILES string of the molecule is CCN1CCN(c2cc(F)cc(-c3ccnc(Nc4ccc(-n5cnc(-c6ccc(OC)nc6)n5)cc4)n3)c2)CC1. The highest BCUT2D eigenvalue weighted by Gasteiger charge is 2.17. The number of hydrogen-bond donors (Lipinski definition) is 1. The van der Waals surface area contributed by atoms with Crippen LogP contribution >= 0.6 is 0 Å². The number of ether oxygens (including phenoxy) is 1. The summed E-state index contributed by atoms with van der Waals surface area (Å²) in [5.74, 6) is 1.25. The molecule has 6 rings (SSSR count). The zero-order valence-corrected chi connectivity index (χ0v) is 22.9. The highest BCUT2D eigenvalue weighted by Crippen LogP contribution is 2.27. The van der Waals surface area contributed by atoms with E-state index in [0.29, 0.717) is 28.9 Å². The van der Waals surface area contributed by atoms with E-state index in [2.05, 4.69) is 47.1 Å². The van der Waals surface area contributed by atoms with Crippen molar-refractivity contribution >= 4 is 17.3 Å². The Morgan fingerprint density at radius 2 is 1.71 bits per heavy atom. The second-order valence-electron chi connectivity index (χ2n) is 9.66. The van der Waals surface area contributed by atoms with Crippen LogP contribution in [0.1, 0.15) is 6.92 Å². The molecule has 3 aromatic heterocycles. The van der Waals surface area contributed by atoms with Gasteiger partial charge in [-0.2, -0.15) is 0 Å². The van der Waals surface area contributed by atoms with Gasteiger partial charge in [-0.15, -0.1) is 5.10 Å². The molecular weight excluding hydrogens is 521 g/mol. The van der Waals surface area contributed by atoms with E-state index in [0.717, 1.165) is 55.3 Å². The van der Waals surface area contributed by atoms with Gasteiger partial charge < -0.3 is 19.9 Å². The van der Waals surface area contributed by atoms with Gasteiger partial charge in [0.05, 0.1) is 18.5 Å². The lowest BCUT2D eigenvalue weighted by Crippen LogP contribution is -2.46. The molecule has 0 saturated carbocycles. The predicted octanol–water partition coefficient (Wildman–Crippen LogP) is 4.82. The van der Waals surface area contributed by atoms with Crippen LogP contribution in [0.25, 0.3) is 28.3 Å². The fourth-order valence-corrected chi connectivity index (χ4v) is 4.79. The van der Waals surface area contributed by atoms with Gasteiger partial charge in [-0.1, -0.05) is 6.92 Å². The smallest absolute Gasteiger partial charge is 0.227 e. The van der Waals surface area contributed by atoms with Crippen molar-refractivity contribution in [3.8, 4) is 34.2 Å². The van der Waals surface area contributed by atoms with Crippen molar-refractivity contribution in [1.29, 1.82) is 0 Å². The van der Waals surface area contributed by atoms with E-state index in [-0.39, 0.29) is 5.82 Å². The fraction of sp³-hybridized carbons (Fsp3) is 0.233. The van der Waals surface area contributed by atoms with Crippen LogP contribution in [0.15, 0.2) is 79.4 Å². The Morgan fingerprint density at radius 3 is 2.44 bits per heavy atom. The number of piperazine rings is 1. The molecule has 0 radical (unpaired) electrons. The summed E-state index contributed by atoms with van der Waals surface area (Å²) in [5.41, 5.74) is 4.68. The Labute approximate surface area is 237 Å². The molecule has 1 N–H and O–H groups in total. The fourth-order valence-electron chi connectivity index (χ4n) is 4.79. The number of benzene rings is 2. The molecule has 0 bridgehead atoms. The molecule has 0 spiro atoms. The Morgan fingerprint density at radius 1 is 0.878 bits per heavy atom. The normalized spacial score (nSPS) is 13.8. The van der Waals surface area contributed by atoms with E-state index in [4.69, 9.17) is 4.74 Å². The molecule has 0 aliphatic carbocycles. The van der Waals surface area contributed by atoms with Gasteiger partial charge in [0.2, 0.25) is 11.8 Å². The lowest BCUT2D eigenvalue weighted by atomic mass is 10.1. The summed E-state index contributed by atoms with van der Waals surface area (Å²) in [4.78, 5) is 22.3. The van der Waals surface area contributed by atoms with E-state index >= 15 is 0 Å². The van der Waals surface area contributed by atoms with Gasteiger partial charge >= 0.3 is 0 Å². The molecule has 11 heteroatoms. The number of anilines is 3. The van der Waals surface area contributed by atoms with Crippen molar-refractivity contribution < 1.29 is 9.13 Å². The molecule has 41 heavy (non-hydrogen) atoms. The number of likely N-dealkylation sites (N-methyl/N-ethyl adjacent to an activating group) is 1. The monoisotopic (exact) mass is 551 g/mol. The number of hydrogen-bond acceptors (Lipinski definition) is 9. The first-order valence-electron chi connectivity index (χ1n) is 13.5. The Balaban J connectivity index is 1.15. The molecule has 5 aromatic rings. The summed E-state index contributed by atoms with van der Waals surface area (Å²) < 4.78 is 21.5. The van der Waals surface area contributed by atoms with Crippen molar-refractivity contribution in [1.82, 2.24) is 34.6 Å². The molecule has 208 valence electrons. The number of halogens is 1. The summed E-state index contributed by atoms with van der Waals surface area (Å²) >= 11 is 0. The molecule has 0 atom stereocenters. The third kappa shape index (κ3) is 5.99. The van der Waals surface area contributed by atoms with Crippen molar-refractivity contribution in [2.45, 2.75) is 6.92 Å². The van der Waals surface area contributed by atoms with E-state index in [1.807, 2.05) is 36.4 Å². The Bertz CT molecular complexity index is 1610. The summed E-state index contributed by atoms with van der Waals surface area (Å²) in [7, 11) is 1.58. The number of pyridine rings is 1. The molecule has 2 aromatic carbocycles. The Kier molecular flexibility index (Phi) is 7.50. The van der Waals surface area contributed by atoms with Gasteiger partial charge in [-0.05, 0) is 61.1 Å². The number of nitrogens with one attached hydrogen (secondary N) is 1. The molecular formula is C30H30FN9O. The second kappa shape index (κ2) is 11.7. The maximum Gasteiger partial charge on any atom is 0.227 e. The summed E-state index contributed by atoms with van der Waals surface area (Å²) in [6.45, 7) is 6.89. The van der Waals surface area contributed by atoms with Gasteiger partial charge in [0.15, 0.2) is 5.82 Å². The summed E-state index contributed by atoms with van der Waals surface area (Å²) in [6, 6.07) is 18.2. The van der Waals surface area contributed by atoms with Crippen LogP contribution in [-0.4, -0.2) is 74.4 Å². The lowest BCUT2D eigenvalue weighted by Gasteiger charge is -2.35. The zero-order chi connectivity index (χ0) is 28.2. The first kappa shape index (κ1) is 26.3. The molecule has 0 amide bonds. The van der Waals surface area contributed by atoms with Crippen LogP contribution in [-0.2, 0) is 0 Å². The van der Waals surface area contributed by atoms with E-state index in [9.17, 15) is 4.39 Å². The van der Waals surface area contributed by atoms with Gasteiger partial charge in [0.25, 0.3) is 0 Å². The van der Waals surface area contributed by atoms with E-state index < -0.39 is 0 Å². The van der Waals surface area contributed by atoms with Crippen LogP contribution in [0.4, 0.5) is 21.7 Å². The van der Waals surface area contributed by atoms with Gasteiger partial charge in [-0.25, -0.2) is 29.0 Å². The molecule has 1 aliphatic rings. The minimum atomic E-state index is -0.279. The Hall–Kier alpha value is -4.90. The number of nitrogens with zero attached hydrogens (tertiary/aromatic N) is 8. The van der Waals surface area contributed by atoms with Crippen LogP contribution in [0.5, 0.6) is 5.88 Å². The number of aromatic nitrogens is 6. The van der Waals surface area contributed by atoms with Crippen LogP contribution in [0.3, 0.4) is 0 Å². The van der Waals surface area contributed by atoms with E-state index in [1.54, 1.807) is 48.7 Å². The van der Waals surface area contributed by atoms with Crippen molar-refractivity contribution in [2.75, 3.05) is 50.1 Å². The number of rotatable bonds is 8. The zero-order valence-electron chi connectivity index (χ0n) is 22.9. The predicted molar refractivity (Wildman–Crippen MR) is 156 cm³/mol. The molecule has 1 fully saturated rings. The van der Waals surface area contributed by atoms with Gasteiger partial charge in [0, 0.05) is 67.1 Å². The maximum atomic E-state index is 14.6. The molecule has 10 nitrogen and oxygen atoms in total. The van der Waals surface area contributed by atoms with Crippen LogP contribution in [0.2, 0.25) is 0 Å². The maximum absolute atomic E-state index is 14.6. The third-order valence-electron chi connectivity index (χ3n) is 7.10. The van der Waals surface area contributed by atoms with Crippen molar-refractivity contribution in [2.24, 2.45) is 0 Å². The lowest BCUT2D eigenvalue weighted by molar-refractivity contribution is 0.271. The minimum Gasteiger partial charge on any atom is -0.481 e. The van der Waals surface area contributed by atoms with Crippen molar-refractivity contribution in [3.05, 3.63) is 85.2 Å². The highest BCUT2D eigenvalue weighted by molar-refractivity contribution is 5.67. The minimum absolute atomic E-state index is 0.279. The van der Waals surface area contributed by atoms with Gasteiger partial charge in [-0.3, -0.25) is 0 Å². The average molecular weight is 552 g/mol.